The summed E-state index contributed by atoms with van der Waals surface area (Å²) >= 11 is 0. The van der Waals surface area contributed by atoms with Crippen molar-refractivity contribution in [3.05, 3.63) is 27.9 Å². The molecule has 0 fully saturated rings. The van der Waals surface area contributed by atoms with E-state index in [0.29, 0.717) is 0 Å². The van der Waals surface area contributed by atoms with Crippen LogP contribution >= 0.6 is 0 Å². The van der Waals surface area contributed by atoms with Crippen LogP contribution in [0.5, 0.6) is 0 Å². The number of nitrogens with zero attached hydrogens (tertiary/aromatic N) is 2. The van der Waals surface area contributed by atoms with Crippen LogP contribution in [-0.4, -0.2) is 27.0 Å². The second-order valence-electron chi connectivity index (χ2n) is 4.34. The molecule has 19 heavy (non-hydrogen) atoms. The van der Waals surface area contributed by atoms with Gasteiger partial charge >= 0.3 is 11.7 Å². The van der Waals surface area contributed by atoms with Gasteiger partial charge in [0.15, 0.2) is 0 Å². The molecule has 0 bridgehead atoms. The highest BCUT2D eigenvalue weighted by Gasteiger charge is 2.19. The number of anilines is 1. The lowest BCUT2D eigenvalue weighted by Gasteiger charge is -2.14. The Labute approximate surface area is 110 Å². The van der Waals surface area contributed by atoms with Crippen molar-refractivity contribution < 1.29 is 14.8 Å². The van der Waals surface area contributed by atoms with Gasteiger partial charge in [-0.2, -0.15) is 0 Å². The Morgan fingerprint density at radius 2 is 2.32 bits per heavy atom. The Kier molecular flexibility index (Phi) is 5.23. The third-order valence-corrected chi connectivity index (χ3v) is 2.69. The van der Waals surface area contributed by atoms with Gasteiger partial charge in [-0.25, -0.2) is 9.78 Å². The molecule has 0 spiro atoms. The molecule has 0 amide bonds. The summed E-state index contributed by atoms with van der Waals surface area (Å²) in [6.07, 6.45) is 4.04. The van der Waals surface area contributed by atoms with Crippen LogP contribution in [0.1, 0.15) is 43.5 Å². The lowest BCUT2D eigenvalue weighted by Crippen LogP contribution is -2.17. The Morgan fingerprint density at radius 3 is 2.84 bits per heavy atom. The molecule has 104 valence electrons. The van der Waals surface area contributed by atoms with Crippen molar-refractivity contribution in [2.75, 3.05) is 5.32 Å². The van der Waals surface area contributed by atoms with Crippen LogP contribution in [0.2, 0.25) is 0 Å². The average molecular weight is 267 g/mol. The minimum atomic E-state index is -1.24. The first kappa shape index (κ1) is 14.9. The number of hydrogen-bond donors (Lipinski definition) is 2. The quantitative estimate of drug-likeness (QED) is 0.581. The van der Waals surface area contributed by atoms with Gasteiger partial charge in [0.05, 0.1) is 10.5 Å². The monoisotopic (exact) mass is 267 g/mol. The van der Waals surface area contributed by atoms with Crippen molar-refractivity contribution in [1.29, 1.82) is 0 Å². The zero-order valence-corrected chi connectivity index (χ0v) is 10.9. The fourth-order valence-corrected chi connectivity index (χ4v) is 1.64. The first-order valence-corrected chi connectivity index (χ1v) is 6.10. The standard InChI is InChI=1S/C12H17N3O4/c1-3-4-5-8(2)14-11-10(15(18)19)6-9(7-13-11)12(16)17/h6-8H,3-5H2,1-2H3,(H,13,14)(H,16,17). The summed E-state index contributed by atoms with van der Waals surface area (Å²) in [5, 5.41) is 22.7. The number of nitro groups is 1. The van der Waals surface area contributed by atoms with E-state index in [1.807, 2.05) is 6.92 Å². The number of unbranched alkanes of at least 4 members (excludes halogenated alkanes) is 1. The highest BCUT2D eigenvalue weighted by Crippen LogP contribution is 2.24. The van der Waals surface area contributed by atoms with Gasteiger partial charge in [0.25, 0.3) is 0 Å². The first-order valence-electron chi connectivity index (χ1n) is 6.10. The van der Waals surface area contributed by atoms with E-state index in [0.717, 1.165) is 31.5 Å². The molecule has 1 unspecified atom stereocenters. The summed E-state index contributed by atoms with van der Waals surface area (Å²) in [6.45, 7) is 3.97. The van der Waals surface area contributed by atoms with Crippen molar-refractivity contribution in [3.63, 3.8) is 0 Å². The van der Waals surface area contributed by atoms with Gasteiger partial charge in [0.1, 0.15) is 0 Å². The van der Waals surface area contributed by atoms with E-state index in [1.165, 1.54) is 0 Å². The lowest BCUT2D eigenvalue weighted by molar-refractivity contribution is -0.384. The van der Waals surface area contributed by atoms with Gasteiger partial charge in [-0.05, 0) is 13.3 Å². The minimum Gasteiger partial charge on any atom is -0.478 e. The number of aromatic carboxylic acids is 1. The Balaban J connectivity index is 2.94. The number of carbonyl (C=O) groups is 1. The fraction of sp³-hybridized carbons (Fsp3) is 0.500. The summed E-state index contributed by atoms with van der Waals surface area (Å²) in [5.41, 5.74) is -0.512. The van der Waals surface area contributed by atoms with Gasteiger partial charge in [0, 0.05) is 18.3 Å². The second-order valence-corrected chi connectivity index (χ2v) is 4.34. The van der Waals surface area contributed by atoms with E-state index in [9.17, 15) is 14.9 Å². The molecule has 7 heteroatoms. The maximum atomic E-state index is 10.9. The number of hydrogen-bond acceptors (Lipinski definition) is 5. The number of aromatic nitrogens is 1. The Hall–Kier alpha value is -2.18. The van der Waals surface area contributed by atoms with Crippen LogP contribution < -0.4 is 5.32 Å². The van der Waals surface area contributed by atoms with Gasteiger partial charge in [-0.3, -0.25) is 10.1 Å². The van der Waals surface area contributed by atoms with Crippen molar-refractivity contribution >= 4 is 17.5 Å². The smallest absolute Gasteiger partial charge is 0.337 e. The van der Waals surface area contributed by atoms with E-state index in [1.54, 1.807) is 0 Å². The summed E-state index contributed by atoms with van der Waals surface area (Å²) < 4.78 is 0. The van der Waals surface area contributed by atoms with Crippen LogP contribution in [-0.2, 0) is 0 Å². The summed E-state index contributed by atoms with van der Waals surface area (Å²) in [5.74, 6) is -1.13. The fourth-order valence-electron chi connectivity index (χ4n) is 1.64. The molecule has 0 saturated heterocycles. The third-order valence-electron chi connectivity index (χ3n) is 2.69. The number of nitrogens with one attached hydrogen (secondary N) is 1. The van der Waals surface area contributed by atoms with Crippen LogP contribution in [0, 0.1) is 10.1 Å². The maximum Gasteiger partial charge on any atom is 0.337 e. The molecule has 1 aromatic rings. The zero-order chi connectivity index (χ0) is 14.4. The van der Waals surface area contributed by atoms with Crippen molar-refractivity contribution in [2.45, 2.75) is 39.2 Å². The predicted octanol–water partition coefficient (Wildman–Crippen LogP) is 2.68. The largest absolute Gasteiger partial charge is 0.478 e. The normalized spacial score (nSPS) is 11.9. The van der Waals surface area contributed by atoms with Crippen LogP contribution in [0.15, 0.2) is 12.3 Å². The van der Waals surface area contributed by atoms with E-state index < -0.39 is 10.9 Å². The van der Waals surface area contributed by atoms with E-state index >= 15 is 0 Å². The van der Waals surface area contributed by atoms with Gasteiger partial charge in [-0.1, -0.05) is 19.8 Å². The molecule has 2 N–H and O–H groups in total. The summed E-state index contributed by atoms with van der Waals surface area (Å²) in [4.78, 5) is 24.9. The molecule has 1 heterocycles. The summed E-state index contributed by atoms with van der Waals surface area (Å²) in [6, 6.07) is 1.06. The highest BCUT2D eigenvalue weighted by molar-refractivity contribution is 5.88. The van der Waals surface area contributed by atoms with Crippen LogP contribution in [0.4, 0.5) is 11.5 Å². The molecule has 0 radical (unpaired) electrons. The number of pyridine rings is 1. The third kappa shape index (κ3) is 4.20. The maximum absolute atomic E-state index is 10.9. The lowest BCUT2D eigenvalue weighted by atomic mass is 10.1. The Morgan fingerprint density at radius 1 is 1.63 bits per heavy atom. The molecule has 0 aromatic carbocycles. The van der Waals surface area contributed by atoms with Crippen molar-refractivity contribution in [3.8, 4) is 0 Å². The molecule has 1 atom stereocenters. The number of rotatable bonds is 7. The molecule has 7 nitrogen and oxygen atoms in total. The predicted molar refractivity (Wildman–Crippen MR) is 70.5 cm³/mol. The summed E-state index contributed by atoms with van der Waals surface area (Å²) in [7, 11) is 0. The zero-order valence-electron chi connectivity index (χ0n) is 10.9. The van der Waals surface area contributed by atoms with Gasteiger partial charge < -0.3 is 10.4 Å². The molecule has 0 aliphatic heterocycles. The van der Waals surface area contributed by atoms with E-state index in [2.05, 4.69) is 17.2 Å². The topological polar surface area (TPSA) is 105 Å². The molecule has 1 rings (SSSR count). The molecule has 0 aliphatic rings. The Bertz CT molecular complexity index is 476. The first-order chi connectivity index (χ1) is 8.95. The average Bonchev–Trinajstić information content (AvgIpc) is 2.36. The number of carboxylic acid groups (broad SMARTS) is 1. The van der Waals surface area contributed by atoms with E-state index in [-0.39, 0.29) is 23.1 Å². The molecular weight excluding hydrogens is 250 g/mol. The molecule has 0 aliphatic carbocycles. The van der Waals surface area contributed by atoms with Crippen LogP contribution in [0.25, 0.3) is 0 Å². The molecular formula is C12H17N3O4. The minimum absolute atomic E-state index is 0.0434. The SMILES string of the molecule is CCCCC(C)Nc1ncc(C(=O)O)cc1[N+](=O)[O-]. The van der Waals surface area contributed by atoms with Crippen molar-refractivity contribution in [1.82, 2.24) is 4.98 Å². The van der Waals surface area contributed by atoms with Gasteiger partial charge in [-0.15, -0.1) is 0 Å². The van der Waals surface area contributed by atoms with Crippen molar-refractivity contribution in [2.24, 2.45) is 0 Å². The highest BCUT2D eigenvalue weighted by atomic mass is 16.6. The second kappa shape index (κ2) is 6.67. The van der Waals surface area contributed by atoms with Crippen LogP contribution in [0.3, 0.4) is 0 Å². The van der Waals surface area contributed by atoms with E-state index in [4.69, 9.17) is 5.11 Å². The molecule has 0 saturated carbocycles. The molecule has 1 aromatic heterocycles. The van der Waals surface area contributed by atoms with Gasteiger partial charge in [0.2, 0.25) is 5.82 Å². The number of carboxylic acids is 1.